The molecular formula is C15H13FN5+. The first kappa shape index (κ1) is 11.9. The van der Waals surface area contributed by atoms with Crippen LogP contribution in [0.4, 0.5) is 10.3 Å². The number of para-hydroxylation sites is 2. The number of nitrogens with two attached hydrogens (primary N) is 1. The lowest BCUT2D eigenvalue weighted by molar-refractivity contribution is -0.674. The first-order valence-corrected chi connectivity index (χ1v) is 6.61. The van der Waals surface area contributed by atoms with Gasteiger partial charge in [0, 0.05) is 5.56 Å². The molecule has 0 aliphatic carbocycles. The quantitative estimate of drug-likeness (QED) is 0.596. The van der Waals surface area contributed by atoms with Crippen LogP contribution in [-0.4, -0.2) is 10.9 Å². The highest BCUT2D eigenvalue weighted by atomic mass is 19.1. The normalized spacial score (nSPS) is 17.2. The summed E-state index contributed by atoms with van der Waals surface area (Å²) in [7, 11) is 0. The van der Waals surface area contributed by atoms with Crippen LogP contribution in [0.3, 0.4) is 0 Å². The van der Waals surface area contributed by atoms with Crippen molar-refractivity contribution in [1.29, 1.82) is 0 Å². The molecule has 0 saturated carbocycles. The summed E-state index contributed by atoms with van der Waals surface area (Å²) in [6.45, 7) is 0. The highest BCUT2D eigenvalue weighted by Crippen LogP contribution is 2.25. The summed E-state index contributed by atoms with van der Waals surface area (Å²) < 4.78 is 16.1. The summed E-state index contributed by atoms with van der Waals surface area (Å²) in [4.78, 5) is 7.60. The van der Waals surface area contributed by atoms with Crippen molar-refractivity contribution >= 4 is 22.9 Å². The number of halogens is 1. The van der Waals surface area contributed by atoms with Crippen LogP contribution in [-0.2, 0) is 0 Å². The van der Waals surface area contributed by atoms with Crippen molar-refractivity contribution in [3.63, 3.8) is 0 Å². The molecule has 1 aliphatic heterocycles. The maximum Gasteiger partial charge on any atom is 0.365 e. The Morgan fingerprint density at radius 3 is 2.71 bits per heavy atom. The molecule has 1 aromatic heterocycles. The van der Waals surface area contributed by atoms with Crippen molar-refractivity contribution in [2.24, 2.45) is 10.7 Å². The van der Waals surface area contributed by atoms with E-state index in [2.05, 4.69) is 15.3 Å². The predicted octanol–water partition coefficient (Wildman–Crippen LogP) is 1.88. The number of H-pyrrole nitrogens is 1. The summed E-state index contributed by atoms with van der Waals surface area (Å²) in [6, 6.07) is 14.4. The summed E-state index contributed by atoms with van der Waals surface area (Å²) in [5.41, 5.74) is 8.19. The van der Waals surface area contributed by atoms with Crippen LogP contribution < -0.4 is 15.6 Å². The first-order valence-electron chi connectivity index (χ1n) is 6.61. The molecule has 2 aromatic carbocycles. The fourth-order valence-electron chi connectivity index (χ4n) is 2.68. The number of nitrogens with zero attached hydrogens (tertiary/aromatic N) is 2. The summed E-state index contributed by atoms with van der Waals surface area (Å²) in [6.07, 6.45) is -0.529. The number of fused-ring (bicyclic) bond motifs is 3. The van der Waals surface area contributed by atoms with E-state index in [0.717, 1.165) is 11.0 Å². The second kappa shape index (κ2) is 4.31. The Morgan fingerprint density at radius 2 is 1.86 bits per heavy atom. The molecule has 0 saturated heterocycles. The Kier molecular flexibility index (Phi) is 2.44. The van der Waals surface area contributed by atoms with Crippen molar-refractivity contribution in [1.82, 2.24) is 4.98 Å². The largest absolute Gasteiger partial charge is 0.365 e. The molecule has 1 atom stereocenters. The fraction of sp³-hybridized carbons (Fsp3) is 0.0667. The van der Waals surface area contributed by atoms with E-state index >= 15 is 0 Å². The molecule has 2 heterocycles. The van der Waals surface area contributed by atoms with E-state index < -0.39 is 6.17 Å². The number of imidazole rings is 1. The molecule has 1 aliphatic rings. The molecule has 4 rings (SSSR count). The van der Waals surface area contributed by atoms with Gasteiger partial charge in [0.15, 0.2) is 0 Å². The Bertz CT molecular complexity index is 867. The summed E-state index contributed by atoms with van der Waals surface area (Å²) in [5, 5.41) is 2.98. The average Bonchev–Trinajstić information content (AvgIpc) is 2.85. The maximum absolute atomic E-state index is 14.1. The molecule has 0 fully saturated rings. The van der Waals surface area contributed by atoms with E-state index in [4.69, 9.17) is 5.73 Å². The Balaban J connectivity index is 2.00. The Morgan fingerprint density at radius 1 is 1.10 bits per heavy atom. The van der Waals surface area contributed by atoms with Crippen molar-refractivity contribution in [2.75, 3.05) is 5.32 Å². The van der Waals surface area contributed by atoms with Crippen LogP contribution in [0.25, 0.3) is 11.0 Å². The van der Waals surface area contributed by atoms with Crippen LogP contribution in [0.15, 0.2) is 53.5 Å². The second-order valence-electron chi connectivity index (χ2n) is 4.90. The third kappa shape index (κ3) is 1.76. The third-order valence-corrected chi connectivity index (χ3v) is 3.59. The average molecular weight is 282 g/mol. The number of hydrogen-bond acceptors (Lipinski definition) is 3. The zero-order chi connectivity index (χ0) is 14.4. The number of nitrogens with one attached hydrogen (secondary N) is 2. The second-order valence-corrected chi connectivity index (χ2v) is 4.90. The van der Waals surface area contributed by atoms with Crippen molar-refractivity contribution in [3.05, 3.63) is 59.9 Å². The third-order valence-electron chi connectivity index (χ3n) is 3.59. The number of aromatic nitrogens is 2. The highest BCUT2D eigenvalue weighted by Gasteiger charge is 2.32. The van der Waals surface area contributed by atoms with Gasteiger partial charge in [-0.1, -0.05) is 30.3 Å². The molecule has 0 spiro atoms. The zero-order valence-corrected chi connectivity index (χ0v) is 11.0. The van der Waals surface area contributed by atoms with E-state index in [1.165, 1.54) is 6.07 Å². The predicted molar refractivity (Wildman–Crippen MR) is 78.3 cm³/mol. The van der Waals surface area contributed by atoms with E-state index in [1.54, 1.807) is 18.2 Å². The van der Waals surface area contributed by atoms with Gasteiger partial charge in [0.05, 0.1) is 0 Å². The number of anilines is 1. The molecule has 21 heavy (non-hydrogen) atoms. The molecule has 0 bridgehead atoms. The van der Waals surface area contributed by atoms with Gasteiger partial charge in [0.2, 0.25) is 6.17 Å². The maximum atomic E-state index is 14.1. The van der Waals surface area contributed by atoms with Gasteiger partial charge in [0.25, 0.3) is 5.96 Å². The molecule has 0 unspecified atom stereocenters. The molecule has 3 aromatic rings. The van der Waals surface area contributed by atoms with E-state index in [-0.39, 0.29) is 11.8 Å². The van der Waals surface area contributed by atoms with Crippen LogP contribution in [0, 0.1) is 5.82 Å². The van der Waals surface area contributed by atoms with Crippen LogP contribution in [0.1, 0.15) is 11.7 Å². The van der Waals surface area contributed by atoms with Gasteiger partial charge in [-0.15, -0.1) is 0 Å². The number of aromatic amines is 1. The SMILES string of the molecule is NC1=N[C@H](c2ccccc2F)[n+]2c([nH]c3ccccc32)N1. The molecule has 4 N–H and O–H groups in total. The van der Waals surface area contributed by atoms with Gasteiger partial charge in [0.1, 0.15) is 16.9 Å². The van der Waals surface area contributed by atoms with E-state index in [9.17, 15) is 4.39 Å². The van der Waals surface area contributed by atoms with E-state index in [0.29, 0.717) is 11.5 Å². The van der Waals surface area contributed by atoms with Gasteiger partial charge in [-0.2, -0.15) is 4.99 Å². The lowest BCUT2D eigenvalue weighted by Crippen LogP contribution is -2.48. The van der Waals surface area contributed by atoms with Crippen LogP contribution >= 0.6 is 0 Å². The van der Waals surface area contributed by atoms with Crippen molar-refractivity contribution in [2.45, 2.75) is 6.17 Å². The molecule has 6 heteroatoms. The zero-order valence-electron chi connectivity index (χ0n) is 11.0. The van der Waals surface area contributed by atoms with E-state index in [1.807, 2.05) is 28.8 Å². The minimum absolute atomic E-state index is 0.259. The number of aliphatic imine (C=N–C) groups is 1. The smallest absolute Gasteiger partial charge is 0.357 e. The lowest BCUT2D eigenvalue weighted by atomic mass is 10.1. The Hall–Kier alpha value is -2.89. The monoisotopic (exact) mass is 282 g/mol. The highest BCUT2D eigenvalue weighted by molar-refractivity contribution is 5.92. The standard InChI is InChI=1S/C15H12FN5/c16-10-6-2-1-5-9(10)13-19-14(17)20-15-18-11-7-3-4-8-12(11)21(13)15/h1-8,13H,(H3,17,18,19,20)/p+1/t13-/m0/s1. The minimum atomic E-state index is -0.529. The van der Waals surface area contributed by atoms with Crippen LogP contribution in [0.2, 0.25) is 0 Å². The topological polar surface area (TPSA) is 70.1 Å². The summed E-state index contributed by atoms with van der Waals surface area (Å²) >= 11 is 0. The molecule has 104 valence electrons. The minimum Gasteiger partial charge on any atom is -0.357 e. The van der Waals surface area contributed by atoms with Gasteiger partial charge in [-0.25, -0.2) is 19.3 Å². The molecule has 5 nitrogen and oxygen atoms in total. The summed E-state index contributed by atoms with van der Waals surface area (Å²) in [5.74, 6) is 0.649. The lowest BCUT2D eigenvalue weighted by Gasteiger charge is -2.18. The molecular weight excluding hydrogens is 269 g/mol. The van der Waals surface area contributed by atoms with Gasteiger partial charge >= 0.3 is 5.95 Å². The number of guanidine groups is 1. The van der Waals surface area contributed by atoms with Crippen LogP contribution in [0.5, 0.6) is 0 Å². The van der Waals surface area contributed by atoms with Gasteiger partial charge < -0.3 is 5.73 Å². The van der Waals surface area contributed by atoms with Gasteiger partial charge in [-0.3, -0.25) is 0 Å². The van der Waals surface area contributed by atoms with Crippen molar-refractivity contribution < 1.29 is 8.96 Å². The Labute approximate surface area is 119 Å². The fourth-order valence-corrected chi connectivity index (χ4v) is 2.68. The molecule has 0 radical (unpaired) electrons. The first-order chi connectivity index (χ1) is 10.2. The number of hydrogen-bond donors (Lipinski definition) is 3. The van der Waals surface area contributed by atoms with Gasteiger partial charge in [-0.05, 0) is 18.2 Å². The van der Waals surface area contributed by atoms with Crippen molar-refractivity contribution in [3.8, 4) is 0 Å². The number of rotatable bonds is 1. The number of benzene rings is 2. The molecule has 0 amide bonds.